The van der Waals surface area contributed by atoms with Gasteiger partial charge >= 0.3 is 0 Å². The summed E-state index contributed by atoms with van der Waals surface area (Å²) >= 11 is 0. The molecule has 0 bridgehead atoms. The van der Waals surface area contributed by atoms with Crippen LogP contribution in [0.25, 0.3) is 0 Å². The van der Waals surface area contributed by atoms with E-state index in [0.29, 0.717) is 36.7 Å². The number of nitrogens with zero attached hydrogens (tertiary/aromatic N) is 2. The van der Waals surface area contributed by atoms with Crippen LogP contribution in [-0.2, 0) is 11.3 Å². The number of hydrogen-bond acceptors (Lipinski definition) is 4. The van der Waals surface area contributed by atoms with Crippen LogP contribution in [0.4, 0.5) is 10.1 Å². The molecule has 2 aliphatic rings. The Hall–Kier alpha value is -2.47. The highest BCUT2D eigenvalue weighted by Gasteiger charge is 2.30. The third kappa shape index (κ3) is 4.38. The molecule has 2 heterocycles. The van der Waals surface area contributed by atoms with Gasteiger partial charge in [0.1, 0.15) is 5.83 Å². The van der Waals surface area contributed by atoms with Gasteiger partial charge in [0.15, 0.2) is 0 Å². The van der Waals surface area contributed by atoms with Gasteiger partial charge in [0.05, 0.1) is 36.3 Å². The summed E-state index contributed by atoms with van der Waals surface area (Å²) < 4.78 is 13.8. The lowest BCUT2D eigenvalue weighted by Gasteiger charge is -2.29. The molecule has 0 aromatic carbocycles. The monoisotopic (exact) mass is 357 g/mol. The highest BCUT2D eigenvalue weighted by molar-refractivity contribution is 6.01. The predicted octanol–water partition coefficient (Wildman–Crippen LogP) is 4.17. The van der Waals surface area contributed by atoms with Gasteiger partial charge in [-0.05, 0) is 50.7 Å². The first kappa shape index (κ1) is 18.3. The number of amides is 1. The molecule has 6 heteroatoms. The maximum Gasteiger partial charge on any atom is 0.279 e. The van der Waals surface area contributed by atoms with Crippen LogP contribution in [0.1, 0.15) is 42.6 Å². The van der Waals surface area contributed by atoms with Gasteiger partial charge in [-0.3, -0.25) is 14.6 Å². The van der Waals surface area contributed by atoms with E-state index < -0.39 is 5.83 Å². The predicted molar refractivity (Wildman–Crippen MR) is 99.0 cm³/mol. The van der Waals surface area contributed by atoms with Crippen molar-refractivity contribution in [3.8, 4) is 0 Å². The summed E-state index contributed by atoms with van der Waals surface area (Å²) in [5.41, 5.74) is 2.99. The Morgan fingerprint density at radius 1 is 1.42 bits per heavy atom. The molecule has 1 aliphatic heterocycles. The Balaban J connectivity index is 1.85. The van der Waals surface area contributed by atoms with Crippen molar-refractivity contribution in [2.75, 3.05) is 18.5 Å². The van der Waals surface area contributed by atoms with Crippen LogP contribution in [0.2, 0.25) is 0 Å². The summed E-state index contributed by atoms with van der Waals surface area (Å²) in [4.78, 5) is 22.7. The molecule has 1 aliphatic carbocycles. The van der Waals surface area contributed by atoms with Crippen molar-refractivity contribution in [2.24, 2.45) is 5.92 Å². The molecule has 1 N–H and O–H groups in total. The fourth-order valence-corrected chi connectivity index (χ4v) is 2.69. The molecule has 0 atom stereocenters. The topological polar surface area (TPSA) is 54.5 Å². The first-order valence-corrected chi connectivity index (χ1v) is 8.84. The zero-order valence-electron chi connectivity index (χ0n) is 15.2. The van der Waals surface area contributed by atoms with Gasteiger partial charge in [0, 0.05) is 6.20 Å². The molecule has 0 radical (unpaired) electrons. The van der Waals surface area contributed by atoms with Crippen LogP contribution in [0, 0.1) is 5.92 Å². The smallest absolute Gasteiger partial charge is 0.279 e. The Labute approximate surface area is 153 Å². The summed E-state index contributed by atoms with van der Waals surface area (Å²) in [6.07, 6.45) is 9.56. The average molecular weight is 357 g/mol. The molecule has 5 nitrogen and oxygen atoms in total. The molecule has 0 spiro atoms. The minimum Gasteiger partial charge on any atom is -0.351 e. The molecule has 1 saturated carbocycles. The summed E-state index contributed by atoms with van der Waals surface area (Å²) in [5.74, 6) is -0.263. The quantitative estimate of drug-likeness (QED) is 0.744. The summed E-state index contributed by atoms with van der Waals surface area (Å²) in [5, 5.41) is 4.38. The lowest BCUT2D eigenvalue weighted by atomic mass is 10.0. The number of hydrogen-bond donors (Lipinski definition) is 1. The van der Waals surface area contributed by atoms with Crippen molar-refractivity contribution in [3.05, 3.63) is 59.3 Å². The summed E-state index contributed by atoms with van der Waals surface area (Å²) in [6.45, 7) is 8.27. The highest BCUT2D eigenvalue weighted by Crippen LogP contribution is 2.31. The number of pyridine rings is 1. The number of allylic oxidation sites excluding steroid dienone is 4. The van der Waals surface area contributed by atoms with Crippen molar-refractivity contribution in [3.63, 3.8) is 0 Å². The Morgan fingerprint density at radius 2 is 2.19 bits per heavy atom. The molecule has 1 aromatic rings. The second-order valence-electron chi connectivity index (χ2n) is 6.97. The largest absolute Gasteiger partial charge is 0.351 e. The van der Waals surface area contributed by atoms with Crippen molar-refractivity contribution in [1.82, 2.24) is 10.0 Å². The fraction of sp³-hybridized carbons (Fsp3) is 0.400. The standard InChI is InChI=1S/C20H24FN3O2/c1-13(2)4-7-17(14(3)21)23-18-11-22-10-16-8-9-24(20(25)19(16)18)26-12-15-5-6-15/h4,7,10-11,15,23H,3,5-6,8-9,12H2,1-2H3/b17-7+. The first-order chi connectivity index (χ1) is 12.5. The third-order valence-electron chi connectivity index (χ3n) is 4.36. The van der Waals surface area contributed by atoms with E-state index >= 15 is 0 Å². The van der Waals surface area contributed by atoms with Gasteiger partial charge in [-0.15, -0.1) is 0 Å². The van der Waals surface area contributed by atoms with Crippen LogP contribution >= 0.6 is 0 Å². The van der Waals surface area contributed by atoms with Crippen molar-refractivity contribution in [2.45, 2.75) is 33.1 Å². The molecule has 1 aromatic heterocycles. The molecule has 0 saturated heterocycles. The highest BCUT2D eigenvalue weighted by atomic mass is 19.1. The second-order valence-corrected chi connectivity index (χ2v) is 6.97. The Bertz CT molecular complexity index is 777. The zero-order valence-corrected chi connectivity index (χ0v) is 15.2. The molecule has 0 unspecified atom stereocenters. The van der Waals surface area contributed by atoms with E-state index in [4.69, 9.17) is 4.84 Å². The number of rotatable bonds is 7. The van der Waals surface area contributed by atoms with Crippen LogP contribution in [0.15, 0.2) is 48.2 Å². The number of carbonyl (C=O) groups is 1. The van der Waals surface area contributed by atoms with Gasteiger partial charge < -0.3 is 5.32 Å². The number of hydroxylamine groups is 2. The van der Waals surface area contributed by atoms with E-state index in [-0.39, 0.29) is 11.6 Å². The third-order valence-corrected chi connectivity index (χ3v) is 4.36. The van der Waals surface area contributed by atoms with Gasteiger partial charge in [-0.2, -0.15) is 0 Å². The van der Waals surface area contributed by atoms with E-state index in [9.17, 15) is 9.18 Å². The van der Waals surface area contributed by atoms with Crippen LogP contribution < -0.4 is 5.32 Å². The number of nitrogens with one attached hydrogen (secondary N) is 1. The molecular formula is C20H24FN3O2. The van der Waals surface area contributed by atoms with E-state index in [1.165, 1.54) is 11.3 Å². The molecule has 26 heavy (non-hydrogen) atoms. The van der Waals surface area contributed by atoms with Gasteiger partial charge in [-0.25, -0.2) is 9.45 Å². The maximum atomic E-state index is 13.8. The number of anilines is 1. The van der Waals surface area contributed by atoms with Crippen molar-refractivity contribution in [1.29, 1.82) is 0 Å². The number of fused-ring (bicyclic) bond motifs is 1. The van der Waals surface area contributed by atoms with E-state index in [1.54, 1.807) is 18.3 Å². The average Bonchev–Trinajstić information content (AvgIpc) is 3.42. The molecule has 138 valence electrons. The van der Waals surface area contributed by atoms with E-state index in [0.717, 1.165) is 24.0 Å². The first-order valence-electron chi connectivity index (χ1n) is 8.84. The maximum absolute atomic E-state index is 13.8. The number of halogens is 1. The Kier molecular flexibility index (Phi) is 5.52. The van der Waals surface area contributed by atoms with Gasteiger partial charge in [-0.1, -0.05) is 18.2 Å². The summed E-state index contributed by atoms with van der Waals surface area (Å²) in [6, 6.07) is 0. The minimum atomic E-state index is -0.606. The normalized spacial score (nSPS) is 17.0. The number of carbonyl (C=O) groups excluding carboxylic acids is 1. The zero-order chi connectivity index (χ0) is 18.7. The fourth-order valence-electron chi connectivity index (χ4n) is 2.69. The van der Waals surface area contributed by atoms with Gasteiger partial charge in [0.2, 0.25) is 0 Å². The lowest BCUT2D eigenvalue weighted by molar-refractivity contribution is -0.128. The van der Waals surface area contributed by atoms with Crippen LogP contribution in [0.3, 0.4) is 0 Å². The van der Waals surface area contributed by atoms with Crippen molar-refractivity contribution < 1.29 is 14.0 Å². The molecular weight excluding hydrogens is 333 g/mol. The van der Waals surface area contributed by atoms with E-state index in [2.05, 4.69) is 16.9 Å². The minimum absolute atomic E-state index is 0.199. The van der Waals surface area contributed by atoms with Crippen LogP contribution in [0.5, 0.6) is 0 Å². The SMILES string of the molecule is C=C(F)/C(=C\C=C(C)C)Nc1cncc2c1C(=O)N(OCC1CC1)CC2. The Morgan fingerprint density at radius 3 is 2.85 bits per heavy atom. The van der Waals surface area contributed by atoms with Crippen LogP contribution in [-0.4, -0.2) is 29.1 Å². The van der Waals surface area contributed by atoms with Crippen molar-refractivity contribution >= 4 is 11.6 Å². The van der Waals surface area contributed by atoms with E-state index in [1.807, 2.05) is 13.8 Å². The molecule has 1 amide bonds. The molecule has 3 rings (SSSR count). The lowest BCUT2D eigenvalue weighted by Crippen LogP contribution is -2.38. The van der Waals surface area contributed by atoms with Gasteiger partial charge in [0.25, 0.3) is 5.91 Å². The second kappa shape index (κ2) is 7.83. The summed E-state index contributed by atoms with van der Waals surface area (Å²) in [7, 11) is 0. The number of aromatic nitrogens is 1. The molecule has 1 fully saturated rings.